The van der Waals surface area contributed by atoms with Gasteiger partial charge < -0.3 is 5.11 Å². The smallest absolute Gasteiger partial charge is 0.0802 e. The Morgan fingerprint density at radius 2 is 1.55 bits per heavy atom. The third-order valence-electron chi connectivity index (χ3n) is 2.87. The second-order valence-corrected chi connectivity index (χ2v) is 4.93. The van der Waals surface area contributed by atoms with Gasteiger partial charge in [0.05, 0.1) is 17.5 Å². The van der Waals surface area contributed by atoms with Crippen molar-refractivity contribution in [2.45, 2.75) is 19.2 Å². The van der Waals surface area contributed by atoms with E-state index in [0.29, 0.717) is 19.6 Å². The minimum absolute atomic E-state index is 0.223. The van der Waals surface area contributed by atoms with Crippen LogP contribution in [0.25, 0.3) is 0 Å². The topological polar surface area (TPSA) is 49.2 Å². The number of hydrogen-bond acceptors (Lipinski definition) is 4. The number of aliphatic hydroxyl groups excluding tert-OH is 1. The Kier molecular flexibility index (Phi) is 5.92. The summed E-state index contributed by atoms with van der Waals surface area (Å²) in [6.45, 7) is 1.81. The molecule has 0 radical (unpaired) electrons. The van der Waals surface area contributed by atoms with Crippen molar-refractivity contribution in [3.63, 3.8) is 0 Å². The molecule has 0 saturated heterocycles. The molecule has 2 rings (SSSR count). The first-order valence-electron chi connectivity index (χ1n) is 6.54. The van der Waals surface area contributed by atoms with Gasteiger partial charge in [0.1, 0.15) is 0 Å². The predicted octanol–water partition coefficient (Wildman–Crippen LogP) is 2.08. The van der Waals surface area contributed by atoms with Crippen LogP contribution in [-0.4, -0.2) is 38.5 Å². The molecule has 2 aromatic rings. The van der Waals surface area contributed by atoms with Crippen LogP contribution in [0.4, 0.5) is 0 Å². The molecule has 0 bridgehead atoms. The van der Waals surface area contributed by atoms with E-state index in [2.05, 4.69) is 14.9 Å². The van der Waals surface area contributed by atoms with E-state index < -0.39 is 6.10 Å². The Morgan fingerprint density at radius 3 is 1.95 bits per heavy atom. The fourth-order valence-corrected chi connectivity index (χ4v) is 2.07. The minimum Gasteiger partial charge on any atom is -0.391 e. The molecule has 4 nitrogen and oxygen atoms in total. The van der Waals surface area contributed by atoms with Crippen LogP contribution in [0.1, 0.15) is 11.4 Å². The molecule has 5 heteroatoms. The first kappa shape index (κ1) is 14.9. The van der Waals surface area contributed by atoms with Crippen molar-refractivity contribution in [2.75, 3.05) is 12.4 Å². The highest BCUT2D eigenvalue weighted by Crippen LogP contribution is 2.08. The van der Waals surface area contributed by atoms with Gasteiger partial charge in [-0.2, -0.15) is 0 Å². The monoisotopic (exact) mass is 291 g/mol. The maximum atomic E-state index is 9.77. The average molecular weight is 292 g/mol. The molecule has 0 spiro atoms. The number of aliphatic hydroxyl groups is 1. The van der Waals surface area contributed by atoms with Crippen LogP contribution >= 0.6 is 11.6 Å². The predicted molar refractivity (Wildman–Crippen MR) is 79.3 cm³/mol. The number of rotatable bonds is 7. The van der Waals surface area contributed by atoms with E-state index in [1.165, 1.54) is 0 Å². The van der Waals surface area contributed by atoms with E-state index in [-0.39, 0.29) is 5.88 Å². The Bertz CT molecular complexity index is 453. The van der Waals surface area contributed by atoms with Crippen LogP contribution in [0, 0.1) is 0 Å². The average Bonchev–Trinajstić information content (AvgIpc) is 2.49. The highest BCUT2D eigenvalue weighted by atomic mass is 35.5. The van der Waals surface area contributed by atoms with Crippen molar-refractivity contribution in [2.24, 2.45) is 0 Å². The van der Waals surface area contributed by atoms with Gasteiger partial charge in [0.25, 0.3) is 0 Å². The number of pyridine rings is 2. The standard InChI is InChI=1S/C15H18ClN3O/c16-9-15(20)12-19(10-13-5-1-3-7-17-13)11-14-6-2-4-8-18-14/h1-8,15,20H,9-12H2. The van der Waals surface area contributed by atoms with E-state index in [1.807, 2.05) is 36.4 Å². The Hall–Kier alpha value is -1.49. The summed E-state index contributed by atoms with van der Waals surface area (Å²) in [4.78, 5) is 10.7. The van der Waals surface area contributed by atoms with Crippen molar-refractivity contribution in [1.82, 2.24) is 14.9 Å². The van der Waals surface area contributed by atoms with Gasteiger partial charge in [-0.3, -0.25) is 14.9 Å². The second-order valence-electron chi connectivity index (χ2n) is 4.62. The molecule has 20 heavy (non-hydrogen) atoms. The molecule has 1 N–H and O–H groups in total. The van der Waals surface area contributed by atoms with Gasteiger partial charge in [0, 0.05) is 37.9 Å². The normalized spacial score (nSPS) is 12.6. The lowest BCUT2D eigenvalue weighted by molar-refractivity contribution is 0.119. The SMILES string of the molecule is OC(CCl)CN(Cc1ccccn1)Cc1ccccn1. The molecule has 0 fully saturated rings. The van der Waals surface area contributed by atoms with E-state index in [0.717, 1.165) is 11.4 Å². The molecule has 2 aromatic heterocycles. The molecular formula is C15H18ClN3O. The molecule has 0 aromatic carbocycles. The van der Waals surface area contributed by atoms with E-state index in [9.17, 15) is 5.11 Å². The molecule has 0 aliphatic carbocycles. The van der Waals surface area contributed by atoms with Crippen LogP contribution in [-0.2, 0) is 13.1 Å². The summed E-state index contributed by atoms with van der Waals surface area (Å²) in [5.41, 5.74) is 1.93. The molecule has 2 heterocycles. The maximum absolute atomic E-state index is 9.77. The first-order valence-corrected chi connectivity index (χ1v) is 7.07. The Balaban J connectivity index is 2.04. The van der Waals surface area contributed by atoms with Crippen molar-refractivity contribution in [3.8, 4) is 0 Å². The molecule has 0 saturated carbocycles. The molecule has 0 aliphatic rings. The minimum atomic E-state index is -0.552. The number of halogens is 1. The lowest BCUT2D eigenvalue weighted by atomic mass is 10.2. The van der Waals surface area contributed by atoms with Crippen LogP contribution in [0.5, 0.6) is 0 Å². The zero-order valence-corrected chi connectivity index (χ0v) is 11.9. The lowest BCUT2D eigenvalue weighted by Crippen LogP contribution is -2.33. The number of nitrogens with zero attached hydrogens (tertiary/aromatic N) is 3. The summed E-state index contributed by atoms with van der Waals surface area (Å²) in [7, 11) is 0. The first-order chi connectivity index (χ1) is 9.78. The Labute approximate surface area is 124 Å². The fraction of sp³-hybridized carbons (Fsp3) is 0.333. The molecule has 106 valence electrons. The van der Waals surface area contributed by atoms with Gasteiger partial charge in [-0.15, -0.1) is 11.6 Å². The molecule has 1 unspecified atom stereocenters. The third-order valence-corrected chi connectivity index (χ3v) is 3.23. The van der Waals surface area contributed by atoms with Crippen LogP contribution in [0.2, 0.25) is 0 Å². The van der Waals surface area contributed by atoms with E-state index in [1.54, 1.807) is 12.4 Å². The number of aromatic nitrogens is 2. The zero-order chi connectivity index (χ0) is 14.2. The quantitative estimate of drug-likeness (QED) is 0.794. The summed E-state index contributed by atoms with van der Waals surface area (Å²) >= 11 is 5.69. The van der Waals surface area contributed by atoms with Gasteiger partial charge in [-0.05, 0) is 24.3 Å². The molecular weight excluding hydrogens is 274 g/mol. The molecule has 0 aliphatic heterocycles. The van der Waals surface area contributed by atoms with E-state index in [4.69, 9.17) is 11.6 Å². The van der Waals surface area contributed by atoms with Gasteiger partial charge in [0.15, 0.2) is 0 Å². The largest absolute Gasteiger partial charge is 0.391 e. The van der Waals surface area contributed by atoms with Gasteiger partial charge in [0.2, 0.25) is 0 Å². The fourth-order valence-electron chi connectivity index (χ4n) is 1.97. The second kappa shape index (κ2) is 7.94. The summed E-state index contributed by atoms with van der Waals surface area (Å²) in [6.07, 6.45) is 2.99. The van der Waals surface area contributed by atoms with Crippen LogP contribution < -0.4 is 0 Å². The summed E-state index contributed by atoms with van der Waals surface area (Å²) in [5, 5.41) is 9.77. The van der Waals surface area contributed by atoms with Gasteiger partial charge >= 0.3 is 0 Å². The summed E-state index contributed by atoms with van der Waals surface area (Å²) in [5.74, 6) is 0.223. The van der Waals surface area contributed by atoms with E-state index >= 15 is 0 Å². The van der Waals surface area contributed by atoms with Crippen molar-refractivity contribution in [3.05, 3.63) is 60.2 Å². The molecule has 0 amide bonds. The maximum Gasteiger partial charge on any atom is 0.0802 e. The zero-order valence-electron chi connectivity index (χ0n) is 11.2. The third kappa shape index (κ3) is 4.89. The number of alkyl halides is 1. The van der Waals surface area contributed by atoms with Crippen molar-refractivity contribution in [1.29, 1.82) is 0 Å². The van der Waals surface area contributed by atoms with Gasteiger partial charge in [-0.1, -0.05) is 12.1 Å². The molecule has 1 atom stereocenters. The lowest BCUT2D eigenvalue weighted by Gasteiger charge is -2.23. The van der Waals surface area contributed by atoms with Crippen LogP contribution in [0.3, 0.4) is 0 Å². The highest BCUT2D eigenvalue weighted by Gasteiger charge is 2.13. The van der Waals surface area contributed by atoms with Gasteiger partial charge in [-0.25, -0.2) is 0 Å². The summed E-state index contributed by atoms with van der Waals surface area (Å²) < 4.78 is 0. The number of hydrogen-bond donors (Lipinski definition) is 1. The highest BCUT2D eigenvalue weighted by molar-refractivity contribution is 6.18. The Morgan fingerprint density at radius 1 is 1.00 bits per heavy atom. The van der Waals surface area contributed by atoms with Crippen LogP contribution in [0.15, 0.2) is 48.8 Å². The van der Waals surface area contributed by atoms with Crippen molar-refractivity contribution < 1.29 is 5.11 Å². The summed E-state index contributed by atoms with van der Waals surface area (Å²) in [6, 6.07) is 11.6. The van der Waals surface area contributed by atoms with Crippen molar-refractivity contribution >= 4 is 11.6 Å².